The molecule has 0 radical (unpaired) electrons. The molecule has 0 atom stereocenters. The van der Waals surface area contributed by atoms with Crippen LogP contribution in [0.2, 0.25) is 0 Å². The van der Waals surface area contributed by atoms with E-state index >= 15 is 0 Å². The Balaban J connectivity index is 2.12. The van der Waals surface area contributed by atoms with Crippen LogP contribution >= 0.6 is 0 Å². The Morgan fingerprint density at radius 2 is 2.15 bits per heavy atom. The number of hydrogen-bond acceptors (Lipinski definition) is 3. The smallest absolute Gasteiger partial charge is 0.0725 e. The van der Waals surface area contributed by atoms with Crippen molar-refractivity contribution in [3.05, 3.63) is 29.3 Å². The molecule has 2 N–H and O–H groups in total. The van der Waals surface area contributed by atoms with Crippen LogP contribution in [0.5, 0.6) is 0 Å². The maximum absolute atomic E-state index is 8.63. The Labute approximate surface area is 77.3 Å². The molecule has 0 unspecified atom stereocenters. The molecule has 0 amide bonds. The number of fused-ring (bicyclic) bond motifs is 1. The van der Waals surface area contributed by atoms with Gasteiger partial charge < -0.3 is 15.2 Å². The van der Waals surface area contributed by atoms with Crippen molar-refractivity contribution in [2.45, 2.75) is 13.2 Å². The van der Waals surface area contributed by atoms with Crippen molar-refractivity contribution in [1.29, 1.82) is 0 Å². The Bertz CT molecular complexity index is 299. The highest BCUT2D eigenvalue weighted by Crippen LogP contribution is 2.22. The van der Waals surface area contributed by atoms with Crippen LogP contribution in [0, 0.1) is 0 Å². The van der Waals surface area contributed by atoms with Gasteiger partial charge in [-0.05, 0) is 23.3 Å². The van der Waals surface area contributed by atoms with Crippen LogP contribution < -0.4 is 5.32 Å². The van der Waals surface area contributed by atoms with Gasteiger partial charge in [0.25, 0.3) is 0 Å². The molecule has 1 aromatic carbocycles. The van der Waals surface area contributed by atoms with E-state index in [-0.39, 0.29) is 6.61 Å². The molecule has 3 heteroatoms. The van der Waals surface area contributed by atoms with Crippen molar-refractivity contribution in [3.8, 4) is 0 Å². The van der Waals surface area contributed by atoms with Gasteiger partial charge in [-0.3, -0.25) is 0 Å². The number of nitrogens with one attached hydrogen (secondary N) is 1. The average Bonchev–Trinajstić information content (AvgIpc) is 2.61. The highest BCUT2D eigenvalue weighted by atomic mass is 16.5. The molecular weight excluding hydrogens is 166 g/mol. The van der Waals surface area contributed by atoms with E-state index < -0.39 is 0 Å². The van der Waals surface area contributed by atoms with Gasteiger partial charge in [0.15, 0.2) is 0 Å². The summed E-state index contributed by atoms with van der Waals surface area (Å²) in [6.45, 7) is 2.20. The number of hydrogen-bond donors (Lipinski definition) is 2. The minimum Gasteiger partial charge on any atom is -0.395 e. The summed E-state index contributed by atoms with van der Waals surface area (Å²) in [6, 6.07) is 6.17. The Morgan fingerprint density at radius 3 is 3.00 bits per heavy atom. The van der Waals surface area contributed by atoms with Crippen LogP contribution in [0.1, 0.15) is 11.1 Å². The number of anilines is 1. The Kier molecular flexibility index (Phi) is 2.47. The van der Waals surface area contributed by atoms with Gasteiger partial charge in [0.2, 0.25) is 0 Å². The highest BCUT2D eigenvalue weighted by molar-refractivity contribution is 5.49. The molecule has 1 aromatic rings. The lowest BCUT2D eigenvalue weighted by molar-refractivity contribution is 0.134. The maximum atomic E-state index is 8.63. The fourth-order valence-electron chi connectivity index (χ4n) is 1.48. The second kappa shape index (κ2) is 3.77. The van der Waals surface area contributed by atoms with Gasteiger partial charge in [-0.1, -0.05) is 6.07 Å². The van der Waals surface area contributed by atoms with Crippen molar-refractivity contribution in [2.75, 3.05) is 18.5 Å². The first-order chi connectivity index (χ1) is 6.40. The van der Waals surface area contributed by atoms with Gasteiger partial charge in [0.05, 0.1) is 19.8 Å². The van der Waals surface area contributed by atoms with E-state index in [0.717, 1.165) is 12.3 Å². The fraction of sp³-hybridized carbons (Fsp3) is 0.400. The van der Waals surface area contributed by atoms with Gasteiger partial charge in [-0.2, -0.15) is 0 Å². The van der Waals surface area contributed by atoms with E-state index in [4.69, 9.17) is 9.84 Å². The number of ether oxygens (including phenoxy) is 1. The second-order valence-corrected chi connectivity index (χ2v) is 3.13. The topological polar surface area (TPSA) is 41.5 Å². The third-order valence-corrected chi connectivity index (χ3v) is 2.16. The number of aliphatic hydroxyl groups is 1. The monoisotopic (exact) mass is 179 g/mol. The number of rotatable bonds is 3. The third-order valence-electron chi connectivity index (χ3n) is 2.16. The van der Waals surface area contributed by atoms with Crippen LogP contribution in [0.25, 0.3) is 0 Å². The van der Waals surface area contributed by atoms with Crippen molar-refractivity contribution >= 4 is 5.69 Å². The van der Waals surface area contributed by atoms with E-state index in [0.29, 0.717) is 13.2 Å². The summed E-state index contributed by atoms with van der Waals surface area (Å²) in [5, 5.41) is 11.8. The SMILES string of the molecule is OCCNc1ccc2c(c1)COC2. The molecule has 13 heavy (non-hydrogen) atoms. The number of benzene rings is 1. The zero-order valence-corrected chi connectivity index (χ0v) is 7.42. The molecule has 0 aliphatic carbocycles. The second-order valence-electron chi connectivity index (χ2n) is 3.13. The first-order valence-corrected chi connectivity index (χ1v) is 4.44. The van der Waals surface area contributed by atoms with Gasteiger partial charge in [0.1, 0.15) is 0 Å². The minimum absolute atomic E-state index is 0.160. The van der Waals surface area contributed by atoms with Crippen molar-refractivity contribution in [2.24, 2.45) is 0 Å². The molecule has 70 valence electrons. The first-order valence-electron chi connectivity index (χ1n) is 4.44. The van der Waals surface area contributed by atoms with Gasteiger partial charge in [0, 0.05) is 12.2 Å². The van der Waals surface area contributed by atoms with Crippen LogP contribution in [0.3, 0.4) is 0 Å². The maximum Gasteiger partial charge on any atom is 0.0725 e. The van der Waals surface area contributed by atoms with Crippen LogP contribution in [-0.4, -0.2) is 18.3 Å². The lowest BCUT2D eigenvalue weighted by atomic mass is 10.1. The van der Waals surface area contributed by atoms with E-state index in [9.17, 15) is 0 Å². The predicted octanol–water partition coefficient (Wildman–Crippen LogP) is 1.12. The average molecular weight is 179 g/mol. The Morgan fingerprint density at radius 1 is 1.31 bits per heavy atom. The predicted molar refractivity (Wildman–Crippen MR) is 50.5 cm³/mol. The van der Waals surface area contributed by atoms with Crippen molar-refractivity contribution < 1.29 is 9.84 Å². The molecule has 3 nitrogen and oxygen atoms in total. The van der Waals surface area contributed by atoms with Gasteiger partial charge >= 0.3 is 0 Å². The van der Waals surface area contributed by atoms with Crippen LogP contribution in [-0.2, 0) is 18.0 Å². The zero-order chi connectivity index (χ0) is 9.10. The molecule has 0 saturated carbocycles. The quantitative estimate of drug-likeness (QED) is 0.730. The summed E-state index contributed by atoms with van der Waals surface area (Å²) in [5.74, 6) is 0. The summed E-state index contributed by atoms with van der Waals surface area (Å²) in [4.78, 5) is 0. The standard InChI is InChI=1S/C10H13NO2/c12-4-3-11-10-2-1-8-6-13-7-9(8)5-10/h1-2,5,11-12H,3-4,6-7H2. The normalized spacial score (nSPS) is 14.2. The molecule has 1 aliphatic heterocycles. The summed E-state index contributed by atoms with van der Waals surface area (Å²) < 4.78 is 5.30. The van der Waals surface area contributed by atoms with Crippen LogP contribution in [0.15, 0.2) is 18.2 Å². The van der Waals surface area contributed by atoms with E-state index in [1.807, 2.05) is 6.07 Å². The van der Waals surface area contributed by atoms with E-state index in [2.05, 4.69) is 17.4 Å². The number of aliphatic hydroxyl groups excluding tert-OH is 1. The van der Waals surface area contributed by atoms with Gasteiger partial charge in [-0.15, -0.1) is 0 Å². The summed E-state index contributed by atoms with van der Waals surface area (Å²) in [5.41, 5.74) is 3.58. The van der Waals surface area contributed by atoms with E-state index in [1.54, 1.807) is 0 Å². The first kappa shape index (κ1) is 8.53. The zero-order valence-electron chi connectivity index (χ0n) is 7.42. The molecule has 0 saturated heterocycles. The van der Waals surface area contributed by atoms with Crippen molar-refractivity contribution in [1.82, 2.24) is 0 Å². The molecule has 1 heterocycles. The summed E-state index contributed by atoms with van der Waals surface area (Å²) in [7, 11) is 0. The third kappa shape index (κ3) is 1.82. The summed E-state index contributed by atoms with van der Waals surface area (Å²) in [6.07, 6.45) is 0. The summed E-state index contributed by atoms with van der Waals surface area (Å²) >= 11 is 0. The molecule has 0 spiro atoms. The largest absolute Gasteiger partial charge is 0.395 e. The molecule has 0 fully saturated rings. The molecular formula is C10H13NO2. The van der Waals surface area contributed by atoms with Gasteiger partial charge in [-0.25, -0.2) is 0 Å². The Hall–Kier alpha value is -1.06. The lowest BCUT2D eigenvalue weighted by Gasteiger charge is -2.05. The molecule has 0 aromatic heterocycles. The highest BCUT2D eigenvalue weighted by Gasteiger charge is 2.10. The van der Waals surface area contributed by atoms with Crippen molar-refractivity contribution in [3.63, 3.8) is 0 Å². The fourth-order valence-corrected chi connectivity index (χ4v) is 1.48. The molecule has 1 aliphatic rings. The van der Waals surface area contributed by atoms with E-state index in [1.165, 1.54) is 11.1 Å². The molecule has 2 rings (SSSR count). The lowest BCUT2D eigenvalue weighted by Crippen LogP contribution is -2.05. The molecule has 0 bridgehead atoms. The van der Waals surface area contributed by atoms with Crippen LogP contribution in [0.4, 0.5) is 5.69 Å². The minimum atomic E-state index is 0.160.